The van der Waals surface area contributed by atoms with Gasteiger partial charge in [0.25, 0.3) is 0 Å². The Balaban J connectivity index is 2.11. The van der Waals surface area contributed by atoms with Crippen LogP contribution in [0.5, 0.6) is 0 Å². The number of aromatic nitrogens is 2. The number of halogens is 1. The van der Waals surface area contributed by atoms with E-state index in [1.54, 1.807) is 0 Å². The Labute approximate surface area is 105 Å². The third-order valence-electron chi connectivity index (χ3n) is 3.29. The van der Waals surface area contributed by atoms with Crippen LogP contribution in [-0.2, 0) is 0 Å². The molecule has 1 heterocycles. The Hall–Kier alpha value is -0.640. The minimum Gasteiger partial charge on any atom is -0.354 e. The molecule has 1 fully saturated rings. The van der Waals surface area contributed by atoms with Crippen LogP contribution >= 0.6 is 15.9 Å². The average molecular weight is 284 g/mol. The van der Waals surface area contributed by atoms with Gasteiger partial charge >= 0.3 is 0 Å². The van der Waals surface area contributed by atoms with Crippen molar-refractivity contribution in [1.82, 2.24) is 10.2 Å². The molecule has 2 rings (SSSR count). The highest BCUT2D eigenvalue weighted by atomic mass is 79.9. The summed E-state index contributed by atoms with van der Waals surface area (Å²) in [6.07, 6.45) is 5.15. The molecule has 1 saturated carbocycles. The molecule has 0 aromatic carbocycles. The summed E-state index contributed by atoms with van der Waals surface area (Å²) in [6.45, 7) is 1.96. The molecule has 16 heavy (non-hydrogen) atoms. The van der Waals surface area contributed by atoms with Crippen molar-refractivity contribution in [2.75, 3.05) is 11.9 Å². The summed E-state index contributed by atoms with van der Waals surface area (Å²) in [6, 6.07) is 4.62. The SMILES string of the molecule is Cc1ccc(N(C)C2CCCCC2Br)nn1. The molecule has 0 spiro atoms. The Kier molecular flexibility index (Phi) is 3.79. The second-order valence-electron chi connectivity index (χ2n) is 4.51. The van der Waals surface area contributed by atoms with Crippen LogP contribution in [0.4, 0.5) is 5.82 Å². The third kappa shape index (κ3) is 2.54. The fourth-order valence-corrected chi connectivity index (χ4v) is 3.19. The lowest BCUT2D eigenvalue weighted by Gasteiger charge is -2.35. The smallest absolute Gasteiger partial charge is 0.151 e. The molecule has 1 aliphatic carbocycles. The van der Waals surface area contributed by atoms with Gasteiger partial charge in [-0.2, -0.15) is 5.10 Å². The number of hydrogen-bond donors (Lipinski definition) is 0. The van der Waals surface area contributed by atoms with Gasteiger partial charge in [0.15, 0.2) is 5.82 Å². The lowest BCUT2D eigenvalue weighted by molar-refractivity contribution is 0.441. The number of anilines is 1. The van der Waals surface area contributed by atoms with Crippen LogP contribution < -0.4 is 4.90 Å². The molecule has 0 saturated heterocycles. The van der Waals surface area contributed by atoms with Gasteiger partial charge in [-0.1, -0.05) is 28.8 Å². The second-order valence-corrected chi connectivity index (χ2v) is 5.69. The van der Waals surface area contributed by atoms with Crippen molar-refractivity contribution in [3.63, 3.8) is 0 Å². The van der Waals surface area contributed by atoms with Crippen molar-refractivity contribution in [1.29, 1.82) is 0 Å². The van der Waals surface area contributed by atoms with E-state index in [4.69, 9.17) is 0 Å². The summed E-state index contributed by atoms with van der Waals surface area (Å²) in [5.74, 6) is 0.974. The summed E-state index contributed by atoms with van der Waals surface area (Å²) in [5.41, 5.74) is 0.969. The monoisotopic (exact) mass is 283 g/mol. The molecule has 0 bridgehead atoms. The van der Waals surface area contributed by atoms with E-state index in [2.05, 4.69) is 44.1 Å². The molecular weight excluding hydrogens is 266 g/mol. The predicted octanol–water partition coefficient (Wildman–Crippen LogP) is 2.93. The number of aryl methyl sites for hydroxylation is 1. The molecule has 88 valence electrons. The maximum Gasteiger partial charge on any atom is 0.151 e. The molecule has 0 N–H and O–H groups in total. The average Bonchev–Trinajstić information content (AvgIpc) is 2.30. The van der Waals surface area contributed by atoms with Crippen molar-refractivity contribution in [2.24, 2.45) is 0 Å². The zero-order valence-corrected chi connectivity index (χ0v) is 11.4. The normalized spacial score (nSPS) is 25.4. The molecule has 3 nitrogen and oxygen atoms in total. The van der Waals surface area contributed by atoms with Crippen LogP contribution in [0.1, 0.15) is 31.4 Å². The lowest BCUT2D eigenvalue weighted by Crippen LogP contribution is -2.41. The van der Waals surface area contributed by atoms with Crippen molar-refractivity contribution in [3.05, 3.63) is 17.8 Å². The summed E-state index contributed by atoms with van der Waals surface area (Å²) < 4.78 is 0. The number of nitrogens with zero attached hydrogens (tertiary/aromatic N) is 3. The molecule has 1 aromatic heterocycles. The predicted molar refractivity (Wildman–Crippen MR) is 70.1 cm³/mol. The van der Waals surface area contributed by atoms with Gasteiger partial charge in [-0.05, 0) is 31.9 Å². The third-order valence-corrected chi connectivity index (χ3v) is 4.36. The van der Waals surface area contributed by atoms with Crippen LogP contribution in [-0.4, -0.2) is 28.1 Å². The van der Waals surface area contributed by atoms with Gasteiger partial charge in [-0.3, -0.25) is 0 Å². The Morgan fingerprint density at radius 3 is 2.62 bits per heavy atom. The van der Waals surface area contributed by atoms with E-state index >= 15 is 0 Å². The summed E-state index contributed by atoms with van der Waals surface area (Å²) >= 11 is 3.78. The van der Waals surface area contributed by atoms with Gasteiger partial charge in [0, 0.05) is 17.9 Å². The highest BCUT2D eigenvalue weighted by Crippen LogP contribution is 2.29. The first-order valence-electron chi connectivity index (χ1n) is 5.85. The Morgan fingerprint density at radius 2 is 2.00 bits per heavy atom. The van der Waals surface area contributed by atoms with Gasteiger partial charge in [0.1, 0.15) is 0 Å². The molecule has 0 amide bonds. The first-order chi connectivity index (χ1) is 7.68. The Morgan fingerprint density at radius 1 is 1.25 bits per heavy atom. The minimum atomic E-state index is 0.547. The topological polar surface area (TPSA) is 29.0 Å². The maximum absolute atomic E-state index is 4.24. The van der Waals surface area contributed by atoms with E-state index in [9.17, 15) is 0 Å². The molecule has 0 radical (unpaired) electrons. The molecular formula is C12H18BrN3. The second kappa shape index (κ2) is 5.13. The van der Waals surface area contributed by atoms with E-state index in [1.807, 2.05) is 13.0 Å². The highest BCUT2D eigenvalue weighted by Gasteiger charge is 2.27. The van der Waals surface area contributed by atoms with Gasteiger partial charge in [-0.25, -0.2) is 0 Å². The fraction of sp³-hybridized carbons (Fsp3) is 0.667. The molecule has 0 aliphatic heterocycles. The van der Waals surface area contributed by atoms with Crippen LogP contribution in [0.2, 0.25) is 0 Å². The van der Waals surface area contributed by atoms with Crippen molar-refractivity contribution in [2.45, 2.75) is 43.5 Å². The summed E-state index contributed by atoms with van der Waals surface area (Å²) in [7, 11) is 2.11. The molecule has 1 aromatic rings. The first-order valence-corrected chi connectivity index (χ1v) is 6.77. The highest BCUT2D eigenvalue weighted by molar-refractivity contribution is 9.09. The zero-order chi connectivity index (χ0) is 11.5. The Bertz CT molecular complexity index is 339. The number of alkyl halides is 1. The number of rotatable bonds is 2. The minimum absolute atomic E-state index is 0.547. The van der Waals surface area contributed by atoms with Crippen molar-refractivity contribution in [3.8, 4) is 0 Å². The summed E-state index contributed by atoms with van der Waals surface area (Å²) in [4.78, 5) is 2.83. The summed E-state index contributed by atoms with van der Waals surface area (Å²) in [5, 5.41) is 8.36. The quantitative estimate of drug-likeness (QED) is 0.782. The molecule has 2 atom stereocenters. The van der Waals surface area contributed by atoms with Gasteiger partial charge in [0.2, 0.25) is 0 Å². The maximum atomic E-state index is 4.24. The van der Waals surface area contributed by atoms with Crippen molar-refractivity contribution >= 4 is 21.7 Å². The lowest BCUT2D eigenvalue weighted by atomic mass is 9.94. The van der Waals surface area contributed by atoms with Crippen LogP contribution in [0.15, 0.2) is 12.1 Å². The zero-order valence-electron chi connectivity index (χ0n) is 9.86. The molecule has 2 unspecified atom stereocenters. The van der Waals surface area contributed by atoms with E-state index in [0.717, 1.165) is 11.5 Å². The van der Waals surface area contributed by atoms with E-state index in [-0.39, 0.29) is 0 Å². The fourth-order valence-electron chi connectivity index (χ4n) is 2.25. The van der Waals surface area contributed by atoms with Gasteiger partial charge in [0.05, 0.1) is 5.69 Å². The van der Waals surface area contributed by atoms with Crippen molar-refractivity contribution < 1.29 is 0 Å². The standard InChI is InChI=1S/C12H18BrN3/c1-9-7-8-12(15-14-9)16(2)11-6-4-3-5-10(11)13/h7-8,10-11H,3-6H2,1-2H3. The molecule has 1 aliphatic rings. The molecule has 4 heteroatoms. The van der Waals surface area contributed by atoms with E-state index < -0.39 is 0 Å². The van der Waals surface area contributed by atoms with Crippen LogP contribution in [0.25, 0.3) is 0 Å². The van der Waals surface area contributed by atoms with E-state index in [0.29, 0.717) is 10.9 Å². The van der Waals surface area contributed by atoms with E-state index in [1.165, 1.54) is 25.7 Å². The van der Waals surface area contributed by atoms with Crippen LogP contribution in [0, 0.1) is 6.92 Å². The largest absolute Gasteiger partial charge is 0.354 e. The van der Waals surface area contributed by atoms with Gasteiger partial charge < -0.3 is 4.90 Å². The van der Waals surface area contributed by atoms with Gasteiger partial charge in [-0.15, -0.1) is 5.10 Å². The van der Waals surface area contributed by atoms with Crippen LogP contribution in [0.3, 0.4) is 0 Å². The number of hydrogen-bond acceptors (Lipinski definition) is 3. The first kappa shape index (κ1) is 11.8.